The molecule has 1 unspecified atom stereocenters. The zero-order valence-electron chi connectivity index (χ0n) is 10.6. The van der Waals surface area contributed by atoms with Crippen molar-refractivity contribution in [3.8, 4) is 5.88 Å². The first kappa shape index (κ1) is 12.3. The van der Waals surface area contributed by atoms with Crippen molar-refractivity contribution in [1.29, 1.82) is 0 Å². The smallest absolute Gasteiger partial charge is 0.221 e. The molecule has 1 atom stereocenters. The minimum Gasteiger partial charge on any atom is -0.474 e. The van der Waals surface area contributed by atoms with Gasteiger partial charge in [-0.3, -0.25) is 0 Å². The average Bonchev–Trinajstić information content (AvgIpc) is 3.12. The van der Waals surface area contributed by atoms with Crippen molar-refractivity contribution in [2.24, 2.45) is 0 Å². The zero-order valence-corrected chi connectivity index (χ0v) is 10.6. The van der Waals surface area contributed by atoms with Gasteiger partial charge in [0.1, 0.15) is 6.33 Å². The molecule has 1 heterocycles. The van der Waals surface area contributed by atoms with Gasteiger partial charge in [-0.2, -0.15) is 0 Å². The number of hydrogen-bond acceptors (Lipinski definition) is 4. The Morgan fingerprint density at radius 2 is 2.35 bits per heavy atom. The van der Waals surface area contributed by atoms with E-state index in [-0.39, 0.29) is 6.10 Å². The summed E-state index contributed by atoms with van der Waals surface area (Å²) in [5.41, 5.74) is 1.06. The van der Waals surface area contributed by atoms with Gasteiger partial charge in [-0.25, -0.2) is 9.97 Å². The summed E-state index contributed by atoms with van der Waals surface area (Å²) in [5, 5.41) is 3.46. The van der Waals surface area contributed by atoms with Crippen LogP contribution in [0.2, 0.25) is 0 Å². The van der Waals surface area contributed by atoms with Crippen molar-refractivity contribution in [3.63, 3.8) is 0 Å². The fourth-order valence-corrected chi connectivity index (χ4v) is 1.77. The molecule has 1 aromatic heterocycles. The van der Waals surface area contributed by atoms with Crippen LogP contribution in [0.3, 0.4) is 0 Å². The predicted octanol–water partition coefficient (Wildman–Crippen LogP) is 2.30. The first-order chi connectivity index (χ1) is 8.29. The second kappa shape index (κ2) is 5.96. The molecular weight excluding hydrogens is 214 g/mol. The van der Waals surface area contributed by atoms with Crippen molar-refractivity contribution in [3.05, 3.63) is 18.1 Å². The summed E-state index contributed by atoms with van der Waals surface area (Å²) >= 11 is 0. The first-order valence-corrected chi connectivity index (χ1v) is 6.48. The molecular formula is C13H21N3O. The standard InChI is InChI=1S/C13H21N3O/c1-3-4-10(2)17-13-11(7-14-9-16-13)8-15-12-5-6-12/h7,9-10,12,15H,3-6,8H2,1-2H3. The maximum Gasteiger partial charge on any atom is 0.221 e. The van der Waals surface area contributed by atoms with E-state index in [0.29, 0.717) is 6.04 Å². The van der Waals surface area contributed by atoms with Gasteiger partial charge in [-0.05, 0) is 26.2 Å². The van der Waals surface area contributed by atoms with Gasteiger partial charge in [0.05, 0.1) is 6.10 Å². The molecule has 0 amide bonds. The molecule has 1 saturated carbocycles. The Morgan fingerprint density at radius 1 is 1.53 bits per heavy atom. The monoisotopic (exact) mass is 235 g/mol. The zero-order chi connectivity index (χ0) is 12.1. The van der Waals surface area contributed by atoms with Gasteiger partial charge in [0, 0.05) is 24.3 Å². The lowest BCUT2D eigenvalue weighted by atomic mass is 10.2. The molecule has 2 rings (SSSR count). The van der Waals surface area contributed by atoms with E-state index < -0.39 is 0 Å². The Labute approximate surface area is 103 Å². The minimum atomic E-state index is 0.217. The number of aromatic nitrogens is 2. The van der Waals surface area contributed by atoms with E-state index >= 15 is 0 Å². The number of ether oxygens (including phenoxy) is 1. The lowest BCUT2D eigenvalue weighted by Gasteiger charge is -2.15. The SMILES string of the molecule is CCCC(C)Oc1ncncc1CNC1CC1. The molecule has 1 aliphatic rings. The Kier molecular flexibility index (Phi) is 4.31. The van der Waals surface area contributed by atoms with Gasteiger partial charge < -0.3 is 10.1 Å². The van der Waals surface area contributed by atoms with E-state index in [9.17, 15) is 0 Å². The molecule has 0 saturated heterocycles. The summed E-state index contributed by atoms with van der Waals surface area (Å²) in [6.07, 6.45) is 8.37. The van der Waals surface area contributed by atoms with Crippen LogP contribution in [0.4, 0.5) is 0 Å². The van der Waals surface area contributed by atoms with Crippen molar-refractivity contribution >= 4 is 0 Å². The number of nitrogens with one attached hydrogen (secondary N) is 1. The average molecular weight is 235 g/mol. The van der Waals surface area contributed by atoms with Crippen LogP contribution in [-0.4, -0.2) is 22.1 Å². The third-order valence-electron chi connectivity index (χ3n) is 2.91. The normalized spacial score (nSPS) is 16.8. The Hall–Kier alpha value is -1.16. The van der Waals surface area contributed by atoms with Gasteiger partial charge >= 0.3 is 0 Å². The van der Waals surface area contributed by atoms with Crippen LogP contribution in [0.15, 0.2) is 12.5 Å². The number of nitrogens with zero attached hydrogens (tertiary/aromatic N) is 2. The van der Waals surface area contributed by atoms with E-state index in [2.05, 4.69) is 29.1 Å². The lowest BCUT2D eigenvalue weighted by Crippen LogP contribution is -2.19. The molecule has 0 aliphatic heterocycles. The molecule has 17 heavy (non-hydrogen) atoms. The molecule has 94 valence electrons. The first-order valence-electron chi connectivity index (χ1n) is 6.48. The highest BCUT2D eigenvalue weighted by atomic mass is 16.5. The fraction of sp³-hybridized carbons (Fsp3) is 0.692. The van der Waals surface area contributed by atoms with E-state index in [1.807, 2.05) is 6.20 Å². The molecule has 4 heteroatoms. The third-order valence-corrected chi connectivity index (χ3v) is 2.91. The third kappa shape index (κ3) is 3.97. The summed E-state index contributed by atoms with van der Waals surface area (Å²) in [5.74, 6) is 0.731. The van der Waals surface area contributed by atoms with Crippen molar-refractivity contribution in [2.75, 3.05) is 0 Å². The summed E-state index contributed by atoms with van der Waals surface area (Å²) in [7, 11) is 0. The van der Waals surface area contributed by atoms with Gasteiger partial charge in [0.25, 0.3) is 0 Å². The molecule has 1 aromatic rings. The number of hydrogen-bond donors (Lipinski definition) is 1. The highest BCUT2D eigenvalue weighted by Gasteiger charge is 2.21. The van der Waals surface area contributed by atoms with E-state index in [0.717, 1.165) is 30.8 Å². The van der Waals surface area contributed by atoms with Crippen LogP contribution >= 0.6 is 0 Å². The highest BCUT2D eigenvalue weighted by Crippen LogP contribution is 2.21. The van der Waals surface area contributed by atoms with Crippen LogP contribution in [-0.2, 0) is 6.54 Å². The topological polar surface area (TPSA) is 47.0 Å². The second-order valence-electron chi connectivity index (χ2n) is 4.73. The number of rotatable bonds is 7. The lowest BCUT2D eigenvalue weighted by molar-refractivity contribution is 0.198. The summed E-state index contributed by atoms with van der Waals surface area (Å²) in [4.78, 5) is 8.29. The molecule has 0 radical (unpaired) electrons. The maximum absolute atomic E-state index is 5.85. The van der Waals surface area contributed by atoms with Gasteiger partial charge in [-0.15, -0.1) is 0 Å². The predicted molar refractivity (Wildman–Crippen MR) is 66.9 cm³/mol. The van der Waals surface area contributed by atoms with E-state index in [1.54, 1.807) is 6.33 Å². The van der Waals surface area contributed by atoms with Gasteiger partial charge in [-0.1, -0.05) is 13.3 Å². The fourth-order valence-electron chi connectivity index (χ4n) is 1.77. The summed E-state index contributed by atoms with van der Waals surface area (Å²) < 4.78 is 5.85. The Balaban J connectivity index is 1.93. The molecule has 1 N–H and O–H groups in total. The quantitative estimate of drug-likeness (QED) is 0.787. The molecule has 4 nitrogen and oxygen atoms in total. The van der Waals surface area contributed by atoms with E-state index in [1.165, 1.54) is 12.8 Å². The van der Waals surface area contributed by atoms with E-state index in [4.69, 9.17) is 4.74 Å². The molecule has 0 spiro atoms. The molecule has 0 bridgehead atoms. The van der Waals surface area contributed by atoms with Crippen LogP contribution in [0.5, 0.6) is 5.88 Å². The Morgan fingerprint density at radius 3 is 3.06 bits per heavy atom. The summed E-state index contributed by atoms with van der Waals surface area (Å²) in [6, 6.07) is 0.691. The summed E-state index contributed by atoms with van der Waals surface area (Å²) in [6.45, 7) is 5.05. The second-order valence-corrected chi connectivity index (χ2v) is 4.73. The van der Waals surface area contributed by atoms with Crippen molar-refractivity contribution in [1.82, 2.24) is 15.3 Å². The van der Waals surface area contributed by atoms with Gasteiger partial charge in [0.15, 0.2) is 0 Å². The van der Waals surface area contributed by atoms with Crippen LogP contribution in [0, 0.1) is 0 Å². The van der Waals surface area contributed by atoms with Crippen LogP contribution < -0.4 is 10.1 Å². The molecule has 1 fully saturated rings. The Bertz CT molecular complexity index is 352. The van der Waals surface area contributed by atoms with Gasteiger partial charge in [0.2, 0.25) is 5.88 Å². The molecule has 0 aromatic carbocycles. The van der Waals surface area contributed by atoms with Crippen molar-refractivity contribution in [2.45, 2.75) is 58.2 Å². The highest BCUT2D eigenvalue weighted by molar-refractivity contribution is 5.22. The van der Waals surface area contributed by atoms with Crippen molar-refractivity contribution < 1.29 is 4.74 Å². The molecule has 1 aliphatic carbocycles. The maximum atomic E-state index is 5.85. The van der Waals surface area contributed by atoms with Crippen LogP contribution in [0.1, 0.15) is 45.1 Å². The largest absolute Gasteiger partial charge is 0.474 e. The van der Waals surface area contributed by atoms with Crippen LogP contribution in [0.25, 0.3) is 0 Å². The minimum absolute atomic E-state index is 0.217.